The number of anilines is 2. The van der Waals surface area contributed by atoms with E-state index in [1.807, 2.05) is 18.2 Å². The van der Waals surface area contributed by atoms with Gasteiger partial charge in [-0.1, -0.05) is 0 Å². The largest absolute Gasteiger partial charge is 0.497 e. The Morgan fingerprint density at radius 3 is 2.82 bits per heavy atom. The number of nitrogen functional groups attached to an aromatic ring is 1. The van der Waals surface area contributed by atoms with Crippen molar-refractivity contribution in [3.8, 4) is 5.75 Å². The zero-order chi connectivity index (χ0) is 12.3. The van der Waals surface area contributed by atoms with Crippen LogP contribution >= 0.6 is 27.3 Å². The van der Waals surface area contributed by atoms with Crippen molar-refractivity contribution in [1.82, 2.24) is 0 Å². The fourth-order valence-corrected chi connectivity index (χ4v) is 2.85. The minimum absolute atomic E-state index is 0.694. The summed E-state index contributed by atoms with van der Waals surface area (Å²) in [5.41, 5.74) is 7.54. The summed E-state index contributed by atoms with van der Waals surface area (Å²) in [5.74, 6) is 0.770. The van der Waals surface area contributed by atoms with E-state index in [1.54, 1.807) is 18.4 Å². The average Bonchev–Trinajstić information content (AvgIpc) is 2.73. The Kier molecular flexibility index (Phi) is 3.91. The van der Waals surface area contributed by atoms with Crippen molar-refractivity contribution in [1.29, 1.82) is 0 Å². The van der Waals surface area contributed by atoms with Gasteiger partial charge in [-0.25, -0.2) is 0 Å². The van der Waals surface area contributed by atoms with Crippen LogP contribution in [0.5, 0.6) is 5.75 Å². The third-order valence-electron chi connectivity index (χ3n) is 2.33. The molecule has 5 heteroatoms. The van der Waals surface area contributed by atoms with Crippen LogP contribution in [-0.2, 0) is 6.54 Å². The number of ether oxygens (including phenoxy) is 1. The Hall–Kier alpha value is -1.20. The van der Waals surface area contributed by atoms with Crippen LogP contribution in [0.3, 0.4) is 0 Å². The van der Waals surface area contributed by atoms with Crippen LogP contribution in [0.1, 0.15) is 4.88 Å². The van der Waals surface area contributed by atoms with E-state index in [-0.39, 0.29) is 0 Å². The van der Waals surface area contributed by atoms with Crippen LogP contribution in [-0.4, -0.2) is 7.11 Å². The van der Waals surface area contributed by atoms with Crippen LogP contribution in [0.15, 0.2) is 34.1 Å². The van der Waals surface area contributed by atoms with Crippen molar-refractivity contribution < 1.29 is 4.74 Å². The zero-order valence-electron chi connectivity index (χ0n) is 9.37. The second kappa shape index (κ2) is 5.42. The fourth-order valence-electron chi connectivity index (χ4n) is 1.46. The maximum Gasteiger partial charge on any atom is 0.121 e. The number of hydrogen-bond donors (Lipinski definition) is 2. The molecule has 0 radical (unpaired) electrons. The van der Waals surface area contributed by atoms with Crippen molar-refractivity contribution in [3.63, 3.8) is 0 Å². The number of nitrogens with two attached hydrogens (primary N) is 1. The lowest BCUT2D eigenvalue weighted by atomic mass is 10.2. The van der Waals surface area contributed by atoms with Crippen molar-refractivity contribution in [2.75, 3.05) is 18.2 Å². The molecular formula is C12H13BrN2OS. The normalized spacial score (nSPS) is 10.2. The monoisotopic (exact) mass is 312 g/mol. The molecule has 0 bridgehead atoms. The smallest absolute Gasteiger partial charge is 0.121 e. The van der Waals surface area contributed by atoms with Gasteiger partial charge in [-0.3, -0.25) is 0 Å². The predicted molar refractivity (Wildman–Crippen MR) is 76.8 cm³/mol. The molecule has 1 aromatic heterocycles. The molecule has 0 spiro atoms. The van der Waals surface area contributed by atoms with Gasteiger partial charge >= 0.3 is 0 Å². The van der Waals surface area contributed by atoms with E-state index in [0.717, 1.165) is 22.5 Å². The highest BCUT2D eigenvalue weighted by molar-refractivity contribution is 9.10. The van der Waals surface area contributed by atoms with Gasteiger partial charge in [0, 0.05) is 27.3 Å². The third kappa shape index (κ3) is 3.14. The molecule has 2 aromatic rings. The van der Waals surface area contributed by atoms with E-state index in [9.17, 15) is 0 Å². The van der Waals surface area contributed by atoms with E-state index in [0.29, 0.717) is 5.69 Å². The van der Waals surface area contributed by atoms with E-state index >= 15 is 0 Å². The molecule has 0 atom stereocenters. The summed E-state index contributed by atoms with van der Waals surface area (Å²) in [4.78, 5) is 1.26. The molecule has 2 rings (SSSR count). The fraction of sp³-hybridized carbons (Fsp3) is 0.167. The summed E-state index contributed by atoms with van der Waals surface area (Å²) in [6.45, 7) is 0.771. The molecule has 3 nitrogen and oxygen atoms in total. The molecule has 0 amide bonds. The van der Waals surface area contributed by atoms with Crippen molar-refractivity contribution >= 4 is 38.6 Å². The Morgan fingerprint density at radius 2 is 2.24 bits per heavy atom. The average molecular weight is 313 g/mol. The minimum Gasteiger partial charge on any atom is -0.497 e. The minimum atomic E-state index is 0.694. The van der Waals surface area contributed by atoms with Gasteiger partial charge in [0.1, 0.15) is 5.75 Å². The van der Waals surface area contributed by atoms with Crippen LogP contribution in [0, 0.1) is 0 Å². The molecule has 3 N–H and O–H groups in total. The van der Waals surface area contributed by atoms with Crippen molar-refractivity contribution in [2.45, 2.75) is 6.54 Å². The summed E-state index contributed by atoms with van der Waals surface area (Å²) in [6.07, 6.45) is 0. The second-order valence-electron chi connectivity index (χ2n) is 3.54. The number of benzene rings is 1. The highest BCUT2D eigenvalue weighted by atomic mass is 79.9. The zero-order valence-corrected chi connectivity index (χ0v) is 11.8. The van der Waals surface area contributed by atoms with E-state index in [2.05, 4.69) is 32.7 Å². The molecule has 17 heavy (non-hydrogen) atoms. The summed E-state index contributed by atoms with van der Waals surface area (Å²) < 4.78 is 6.22. The van der Waals surface area contributed by atoms with Gasteiger partial charge in [0.2, 0.25) is 0 Å². The lowest BCUT2D eigenvalue weighted by Crippen LogP contribution is -2.01. The molecule has 1 heterocycles. The van der Waals surface area contributed by atoms with Crippen LogP contribution < -0.4 is 15.8 Å². The second-order valence-corrected chi connectivity index (χ2v) is 5.45. The van der Waals surface area contributed by atoms with Crippen LogP contribution in [0.4, 0.5) is 11.4 Å². The first kappa shape index (κ1) is 12.3. The highest BCUT2D eigenvalue weighted by Crippen LogP contribution is 2.26. The molecule has 0 unspecified atom stereocenters. The molecule has 0 aliphatic heterocycles. The highest BCUT2D eigenvalue weighted by Gasteiger charge is 2.02. The summed E-state index contributed by atoms with van der Waals surface area (Å²) in [5, 5.41) is 5.37. The lowest BCUT2D eigenvalue weighted by molar-refractivity contribution is 0.415. The van der Waals surface area contributed by atoms with Gasteiger partial charge in [-0.2, -0.15) is 0 Å². The van der Waals surface area contributed by atoms with E-state index in [1.165, 1.54) is 4.88 Å². The van der Waals surface area contributed by atoms with Crippen molar-refractivity contribution in [2.24, 2.45) is 0 Å². The molecule has 0 aliphatic rings. The lowest BCUT2D eigenvalue weighted by Gasteiger charge is -2.09. The molecule has 0 fully saturated rings. The van der Waals surface area contributed by atoms with Crippen molar-refractivity contribution in [3.05, 3.63) is 39.0 Å². The predicted octanol–water partition coefficient (Wildman–Crippen LogP) is 3.71. The van der Waals surface area contributed by atoms with Gasteiger partial charge in [0.05, 0.1) is 18.5 Å². The molecule has 90 valence electrons. The molecule has 0 saturated carbocycles. The molecule has 1 aromatic carbocycles. The first-order chi connectivity index (χ1) is 8.19. The van der Waals surface area contributed by atoms with Gasteiger partial charge in [-0.05, 0) is 34.1 Å². The quantitative estimate of drug-likeness (QED) is 0.846. The summed E-state index contributed by atoms with van der Waals surface area (Å²) in [6, 6.07) is 7.73. The third-order valence-corrected chi connectivity index (χ3v) is 4.03. The number of methoxy groups -OCH3 is 1. The van der Waals surface area contributed by atoms with Gasteiger partial charge < -0.3 is 15.8 Å². The topological polar surface area (TPSA) is 47.3 Å². The van der Waals surface area contributed by atoms with E-state index < -0.39 is 0 Å². The first-order valence-electron chi connectivity index (χ1n) is 5.09. The molecule has 0 aliphatic carbocycles. The number of nitrogens with one attached hydrogen (secondary N) is 1. The Morgan fingerprint density at radius 1 is 1.41 bits per heavy atom. The van der Waals surface area contributed by atoms with Gasteiger partial charge in [0.25, 0.3) is 0 Å². The van der Waals surface area contributed by atoms with Gasteiger partial charge in [0.15, 0.2) is 0 Å². The number of halogens is 1. The standard InChI is InChI=1S/C12H13BrN2OS/c1-16-9-2-3-12(11(14)5-9)15-6-10-4-8(13)7-17-10/h2-5,7,15H,6,14H2,1H3. The maximum absolute atomic E-state index is 5.92. The van der Waals surface area contributed by atoms with Crippen LogP contribution in [0.2, 0.25) is 0 Å². The summed E-state index contributed by atoms with van der Waals surface area (Å²) in [7, 11) is 1.63. The molecular weight excluding hydrogens is 300 g/mol. The Labute approximate surface area is 113 Å². The SMILES string of the molecule is COc1ccc(NCc2cc(Br)cs2)c(N)c1. The number of rotatable bonds is 4. The maximum atomic E-state index is 5.92. The molecule has 0 saturated heterocycles. The van der Waals surface area contributed by atoms with Gasteiger partial charge in [-0.15, -0.1) is 11.3 Å². The number of thiophene rings is 1. The summed E-state index contributed by atoms with van der Waals surface area (Å²) >= 11 is 5.14. The van der Waals surface area contributed by atoms with E-state index in [4.69, 9.17) is 10.5 Å². The van der Waals surface area contributed by atoms with Crippen LogP contribution in [0.25, 0.3) is 0 Å². The Bertz CT molecular complexity index is 513. The first-order valence-corrected chi connectivity index (χ1v) is 6.76. The number of hydrogen-bond acceptors (Lipinski definition) is 4. The Balaban J connectivity index is 2.04.